The van der Waals surface area contributed by atoms with Gasteiger partial charge in [0.05, 0.1) is 6.04 Å². The van der Waals surface area contributed by atoms with Gasteiger partial charge in [-0.05, 0) is 93.4 Å². The molecule has 2 amide bonds. The minimum absolute atomic E-state index is 0.0245. The van der Waals surface area contributed by atoms with Gasteiger partial charge in [0.15, 0.2) is 0 Å². The van der Waals surface area contributed by atoms with Crippen molar-refractivity contribution in [1.82, 2.24) is 5.32 Å². The van der Waals surface area contributed by atoms with Gasteiger partial charge in [-0.15, -0.1) is 0 Å². The number of esters is 1. The number of nitrogens with zero attached hydrogens (tertiary/aromatic N) is 2. The number of fused-ring (bicyclic) bond motifs is 1. The molecule has 34 heavy (non-hydrogen) atoms. The number of hydrogen-bond donors (Lipinski definition) is 1. The summed E-state index contributed by atoms with van der Waals surface area (Å²) in [7, 11) is 0. The van der Waals surface area contributed by atoms with Crippen LogP contribution in [0.3, 0.4) is 0 Å². The second kappa shape index (κ2) is 10.6. The molecule has 6 heteroatoms. The monoisotopic (exact) mass is 461 g/mol. The molecule has 1 saturated heterocycles. The maximum atomic E-state index is 13.6. The molecule has 6 nitrogen and oxygen atoms in total. The first kappa shape index (κ1) is 22.9. The highest BCUT2D eigenvalue weighted by atomic mass is 16.5. The van der Waals surface area contributed by atoms with Crippen LogP contribution in [0.25, 0.3) is 0 Å². The predicted octanol–water partition coefficient (Wildman–Crippen LogP) is 4.85. The van der Waals surface area contributed by atoms with Crippen molar-refractivity contribution in [3.05, 3.63) is 59.7 Å². The van der Waals surface area contributed by atoms with E-state index in [1.165, 1.54) is 17.5 Å². The number of amides is 2. The Labute approximate surface area is 202 Å². The molecule has 1 atom stereocenters. The lowest BCUT2D eigenvalue weighted by molar-refractivity contribution is -0.150. The fraction of sp³-hybridized carbons (Fsp3) is 0.500. The second-order valence-corrected chi connectivity index (χ2v) is 9.74. The van der Waals surface area contributed by atoms with Gasteiger partial charge in [0, 0.05) is 24.3 Å². The smallest absolute Gasteiger partial charge is 0.329 e. The van der Waals surface area contributed by atoms with Gasteiger partial charge in [-0.25, -0.2) is 4.79 Å². The van der Waals surface area contributed by atoms with Crippen LogP contribution in [0, 0.1) is 0 Å². The average Bonchev–Trinajstić information content (AvgIpc) is 3.02. The molecule has 0 radical (unpaired) electrons. The molecule has 0 spiro atoms. The van der Waals surface area contributed by atoms with E-state index in [1.807, 2.05) is 40.1 Å². The molecule has 1 aliphatic carbocycles. The van der Waals surface area contributed by atoms with E-state index in [1.54, 1.807) is 0 Å². The molecule has 0 bridgehead atoms. The van der Waals surface area contributed by atoms with Gasteiger partial charge in [0.2, 0.25) is 0 Å². The molecular weight excluding hydrogens is 426 g/mol. The van der Waals surface area contributed by atoms with Gasteiger partial charge in [-0.2, -0.15) is 0 Å². The van der Waals surface area contributed by atoms with Gasteiger partial charge in [0.1, 0.15) is 6.10 Å². The first-order chi connectivity index (χ1) is 16.7. The maximum absolute atomic E-state index is 13.6. The standard InChI is InChI=1S/C28H35N3O3/c32-27(34-26-9-5-2-6-10-26)14-13-25-20-30(23-7-3-1-4-8-23)28(33)31(25)24-12-11-21-15-17-29-18-16-22(21)19-24/h1,3-4,7-8,11-12,19,25-26,29H,2,5-6,9-10,13-18,20H2. The van der Waals surface area contributed by atoms with E-state index in [-0.39, 0.29) is 24.1 Å². The van der Waals surface area contributed by atoms with Crippen molar-refractivity contribution < 1.29 is 14.3 Å². The first-order valence-electron chi connectivity index (χ1n) is 12.9. The Kier molecular flexibility index (Phi) is 7.14. The zero-order valence-corrected chi connectivity index (χ0v) is 19.9. The summed E-state index contributed by atoms with van der Waals surface area (Å²) in [5, 5.41) is 3.46. The summed E-state index contributed by atoms with van der Waals surface area (Å²) >= 11 is 0. The lowest BCUT2D eigenvalue weighted by Crippen LogP contribution is -2.35. The summed E-state index contributed by atoms with van der Waals surface area (Å²) in [5.41, 5.74) is 4.48. The number of benzene rings is 2. The number of nitrogens with one attached hydrogen (secondary N) is 1. The largest absolute Gasteiger partial charge is 0.462 e. The highest BCUT2D eigenvalue weighted by Gasteiger charge is 2.39. The van der Waals surface area contributed by atoms with Crippen molar-refractivity contribution in [3.8, 4) is 0 Å². The molecule has 2 aromatic carbocycles. The average molecular weight is 462 g/mol. The quantitative estimate of drug-likeness (QED) is 0.625. The fourth-order valence-corrected chi connectivity index (χ4v) is 5.54. The number of ether oxygens (including phenoxy) is 1. The van der Waals surface area contributed by atoms with E-state index in [2.05, 4.69) is 23.5 Å². The van der Waals surface area contributed by atoms with E-state index in [0.717, 1.165) is 63.0 Å². The molecule has 1 saturated carbocycles. The Morgan fingerprint density at radius 1 is 0.941 bits per heavy atom. The van der Waals surface area contributed by atoms with Crippen LogP contribution in [0.2, 0.25) is 0 Å². The lowest BCUT2D eigenvalue weighted by Gasteiger charge is -2.25. The molecule has 2 aromatic rings. The van der Waals surface area contributed by atoms with Crippen LogP contribution in [0.4, 0.5) is 16.2 Å². The molecule has 2 aliphatic heterocycles. The van der Waals surface area contributed by atoms with Crippen molar-refractivity contribution in [2.45, 2.75) is 69.9 Å². The summed E-state index contributed by atoms with van der Waals surface area (Å²) < 4.78 is 5.76. The van der Waals surface area contributed by atoms with Crippen molar-refractivity contribution >= 4 is 23.4 Å². The molecule has 5 rings (SSSR count). The van der Waals surface area contributed by atoms with Crippen LogP contribution in [0.1, 0.15) is 56.1 Å². The molecule has 2 heterocycles. The molecule has 1 N–H and O–H groups in total. The Morgan fingerprint density at radius 2 is 1.71 bits per heavy atom. The lowest BCUT2D eigenvalue weighted by atomic mass is 9.98. The fourth-order valence-electron chi connectivity index (χ4n) is 5.54. The van der Waals surface area contributed by atoms with Gasteiger partial charge in [0.25, 0.3) is 0 Å². The summed E-state index contributed by atoms with van der Waals surface area (Å²) in [6, 6.07) is 16.1. The molecule has 3 aliphatic rings. The number of carbonyl (C=O) groups excluding carboxylic acids is 2. The minimum Gasteiger partial charge on any atom is -0.462 e. The molecule has 0 aromatic heterocycles. The Hall–Kier alpha value is -2.86. The Balaban J connectivity index is 1.34. The van der Waals surface area contributed by atoms with Gasteiger partial charge in [-0.1, -0.05) is 30.7 Å². The number of urea groups is 1. The summed E-state index contributed by atoms with van der Waals surface area (Å²) in [6.45, 7) is 2.51. The Morgan fingerprint density at radius 3 is 2.50 bits per heavy atom. The van der Waals surface area contributed by atoms with E-state index in [0.29, 0.717) is 19.4 Å². The highest BCUT2D eigenvalue weighted by Crippen LogP contribution is 2.32. The van der Waals surface area contributed by atoms with Crippen molar-refractivity contribution in [1.29, 1.82) is 0 Å². The van der Waals surface area contributed by atoms with Crippen molar-refractivity contribution in [2.24, 2.45) is 0 Å². The topological polar surface area (TPSA) is 61.9 Å². The summed E-state index contributed by atoms with van der Waals surface area (Å²) in [5.74, 6) is -0.134. The van der Waals surface area contributed by atoms with E-state index < -0.39 is 0 Å². The van der Waals surface area contributed by atoms with Crippen molar-refractivity contribution in [2.75, 3.05) is 29.4 Å². The minimum atomic E-state index is -0.134. The van der Waals surface area contributed by atoms with Gasteiger partial charge >= 0.3 is 12.0 Å². The SMILES string of the molecule is O=C(CCC1CN(c2ccccc2)C(=O)N1c1ccc2c(c1)CCNCC2)OC1CCCCC1. The van der Waals surface area contributed by atoms with Gasteiger partial charge < -0.3 is 10.1 Å². The number of para-hydroxylation sites is 1. The molecule has 2 fully saturated rings. The second-order valence-electron chi connectivity index (χ2n) is 9.74. The summed E-state index contributed by atoms with van der Waals surface area (Å²) in [4.78, 5) is 30.0. The van der Waals surface area contributed by atoms with Crippen LogP contribution in [-0.2, 0) is 22.4 Å². The van der Waals surface area contributed by atoms with Gasteiger partial charge in [-0.3, -0.25) is 14.6 Å². The third-order valence-corrected chi connectivity index (χ3v) is 7.41. The Bertz CT molecular complexity index is 1000. The van der Waals surface area contributed by atoms with E-state index in [9.17, 15) is 9.59 Å². The van der Waals surface area contributed by atoms with E-state index >= 15 is 0 Å². The van der Waals surface area contributed by atoms with Crippen LogP contribution in [0.15, 0.2) is 48.5 Å². The van der Waals surface area contributed by atoms with Crippen LogP contribution >= 0.6 is 0 Å². The number of rotatable bonds is 6. The molecule has 1 unspecified atom stereocenters. The zero-order valence-electron chi connectivity index (χ0n) is 19.9. The predicted molar refractivity (Wildman–Crippen MR) is 134 cm³/mol. The van der Waals surface area contributed by atoms with Crippen LogP contribution in [0.5, 0.6) is 0 Å². The zero-order chi connectivity index (χ0) is 23.3. The van der Waals surface area contributed by atoms with Crippen molar-refractivity contribution in [3.63, 3.8) is 0 Å². The summed E-state index contributed by atoms with van der Waals surface area (Å²) in [6.07, 6.45) is 8.45. The third kappa shape index (κ3) is 5.12. The number of carbonyl (C=O) groups is 2. The number of hydrogen-bond acceptors (Lipinski definition) is 4. The van der Waals surface area contributed by atoms with Crippen LogP contribution < -0.4 is 15.1 Å². The maximum Gasteiger partial charge on any atom is 0.329 e. The highest BCUT2D eigenvalue weighted by molar-refractivity contribution is 6.07. The number of anilines is 2. The first-order valence-corrected chi connectivity index (χ1v) is 12.9. The van der Waals surface area contributed by atoms with Crippen LogP contribution in [-0.4, -0.2) is 43.8 Å². The third-order valence-electron chi connectivity index (χ3n) is 7.41. The molecule has 180 valence electrons. The molecular formula is C28H35N3O3. The normalized spacial score (nSPS) is 21.3. The van der Waals surface area contributed by atoms with E-state index in [4.69, 9.17) is 4.74 Å².